The van der Waals surface area contributed by atoms with Crippen molar-refractivity contribution in [3.8, 4) is 0 Å². The van der Waals surface area contributed by atoms with Crippen LogP contribution in [-0.4, -0.2) is 43.3 Å². The van der Waals surface area contributed by atoms with E-state index in [-0.39, 0.29) is 23.0 Å². The molecule has 0 radical (unpaired) electrons. The Morgan fingerprint density at radius 1 is 0.923 bits per heavy atom. The summed E-state index contributed by atoms with van der Waals surface area (Å²) in [6.45, 7) is 10.2. The number of sulfonamides is 1. The Morgan fingerprint density at radius 3 is 2.10 bits per heavy atom. The molecule has 0 fully saturated rings. The number of para-hydroxylation sites is 1. The van der Waals surface area contributed by atoms with E-state index in [9.17, 15) is 22.4 Å². The molecule has 0 aliphatic rings. The molecule has 3 aromatic carbocycles. The van der Waals surface area contributed by atoms with Crippen LogP contribution in [0.15, 0.2) is 77.7 Å². The molecule has 9 heteroatoms. The third kappa shape index (κ3) is 7.44. The molecule has 0 saturated carbocycles. The Bertz CT molecular complexity index is 1430. The lowest BCUT2D eigenvalue weighted by Gasteiger charge is -2.33. The highest BCUT2D eigenvalue weighted by Crippen LogP contribution is 2.27. The number of hydrogen-bond acceptors (Lipinski definition) is 4. The van der Waals surface area contributed by atoms with E-state index in [1.165, 1.54) is 35.2 Å². The summed E-state index contributed by atoms with van der Waals surface area (Å²) in [5.74, 6) is -1.82. The Hall–Kier alpha value is -3.72. The minimum Gasteiger partial charge on any atom is -0.350 e. The quantitative estimate of drug-likeness (QED) is 0.405. The molecule has 39 heavy (non-hydrogen) atoms. The zero-order valence-electron chi connectivity index (χ0n) is 23.2. The topological polar surface area (TPSA) is 86.8 Å². The molecule has 2 amide bonds. The van der Waals surface area contributed by atoms with E-state index in [1.54, 1.807) is 19.1 Å². The SMILES string of the molecule is Cc1ccc(S(=O)(=O)N(CC(=O)N(Cc2ccccc2C)[C@H](C)C(=O)NC(C)(C)C)c2ccccc2F)cc1. The second-order valence-corrected chi connectivity index (χ2v) is 12.5. The van der Waals surface area contributed by atoms with Crippen LogP contribution in [0.5, 0.6) is 0 Å². The standard InChI is InChI=1S/C30H36FN3O4S/c1-21-15-17-25(18-16-21)39(37,38)34(27-14-10-9-13-26(27)31)20-28(35)33(19-24-12-8-7-11-22(24)2)23(3)29(36)32-30(4,5)6/h7-18,23H,19-20H2,1-6H3,(H,32,36)/t23-/m1/s1. The zero-order chi connectivity index (χ0) is 29.0. The fourth-order valence-corrected chi connectivity index (χ4v) is 5.45. The number of anilines is 1. The van der Waals surface area contributed by atoms with Gasteiger partial charge in [0.25, 0.3) is 10.0 Å². The molecule has 3 aromatic rings. The summed E-state index contributed by atoms with van der Waals surface area (Å²) in [6.07, 6.45) is 0. The first-order valence-corrected chi connectivity index (χ1v) is 14.1. The van der Waals surface area contributed by atoms with Crippen LogP contribution in [0.2, 0.25) is 0 Å². The fourth-order valence-electron chi connectivity index (χ4n) is 4.03. The monoisotopic (exact) mass is 553 g/mol. The van der Waals surface area contributed by atoms with Gasteiger partial charge in [0.15, 0.2) is 0 Å². The molecule has 0 bridgehead atoms. The van der Waals surface area contributed by atoms with Crippen molar-refractivity contribution in [2.45, 2.75) is 64.6 Å². The van der Waals surface area contributed by atoms with Crippen LogP contribution in [0.1, 0.15) is 44.4 Å². The number of carbonyl (C=O) groups excluding carboxylic acids is 2. The van der Waals surface area contributed by atoms with Gasteiger partial charge in [0.1, 0.15) is 18.4 Å². The summed E-state index contributed by atoms with van der Waals surface area (Å²) in [4.78, 5) is 28.3. The summed E-state index contributed by atoms with van der Waals surface area (Å²) in [6, 6.07) is 18.0. The summed E-state index contributed by atoms with van der Waals surface area (Å²) in [5, 5.41) is 2.89. The van der Waals surface area contributed by atoms with E-state index < -0.39 is 39.9 Å². The van der Waals surface area contributed by atoms with Crippen molar-refractivity contribution in [3.05, 3.63) is 95.3 Å². The van der Waals surface area contributed by atoms with Gasteiger partial charge in [-0.1, -0.05) is 54.1 Å². The molecule has 0 aliphatic carbocycles. The number of amides is 2. The van der Waals surface area contributed by atoms with E-state index in [0.29, 0.717) is 0 Å². The van der Waals surface area contributed by atoms with Gasteiger partial charge in [0, 0.05) is 12.1 Å². The predicted octanol–water partition coefficient (Wildman–Crippen LogP) is 4.97. The van der Waals surface area contributed by atoms with E-state index in [0.717, 1.165) is 27.1 Å². The first kappa shape index (κ1) is 29.8. The molecule has 0 aliphatic heterocycles. The third-order valence-corrected chi connectivity index (χ3v) is 8.05. The Kier molecular flexibility index (Phi) is 9.17. The summed E-state index contributed by atoms with van der Waals surface area (Å²) >= 11 is 0. The molecule has 1 N–H and O–H groups in total. The zero-order valence-corrected chi connectivity index (χ0v) is 24.0. The maximum Gasteiger partial charge on any atom is 0.264 e. The summed E-state index contributed by atoms with van der Waals surface area (Å²) in [7, 11) is -4.33. The fraction of sp³-hybridized carbons (Fsp3) is 0.333. The van der Waals surface area contributed by atoms with Crippen LogP contribution < -0.4 is 9.62 Å². The molecule has 208 valence electrons. The van der Waals surface area contributed by atoms with E-state index in [1.807, 2.05) is 58.9 Å². The third-order valence-electron chi connectivity index (χ3n) is 6.28. The van der Waals surface area contributed by atoms with Crippen LogP contribution in [0.3, 0.4) is 0 Å². The molecular weight excluding hydrogens is 517 g/mol. The maximum absolute atomic E-state index is 15.0. The number of nitrogens with zero attached hydrogens (tertiary/aromatic N) is 2. The smallest absolute Gasteiger partial charge is 0.264 e. The molecule has 1 atom stereocenters. The summed E-state index contributed by atoms with van der Waals surface area (Å²) in [5.41, 5.74) is 1.77. The minimum absolute atomic E-state index is 0.0694. The molecule has 7 nitrogen and oxygen atoms in total. The first-order chi connectivity index (χ1) is 18.2. The number of halogens is 1. The predicted molar refractivity (Wildman–Crippen MR) is 151 cm³/mol. The van der Waals surface area contributed by atoms with Crippen molar-refractivity contribution in [2.75, 3.05) is 10.8 Å². The second kappa shape index (κ2) is 12.0. The van der Waals surface area contributed by atoms with Gasteiger partial charge in [-0.25, -0.2) is 12.8 Å². The van der Waals surface area contributed by atoms with Crippen LogP contribution >= 0.6 is 0 Å². The van der Waals surface area contributed by atoms with Crippen molar-refractivity contribution in [3.63, 3.8) is 0 Å². The molecule has 0 spiro atoms. The Balaban J connectivity index is 2.06. The van der Waals surface area contributed by atoms with Gasteiger partial charge < -0.3 is 10.2 Å². The lowest BCUT2D eigenvalue weighted by Crippen LogP contribution is -2.54. The number of benzene rings is 3. The van der Waals surface area contributed by atoms with Crippen LogP contribution in [0, 0.1) is 19.7 Å². The molecule has 0 saturated heterocycles. The van der Waals surface area contributed by atoms with E-state index in [2.05, 4.69) is 5.32 Å². The molecule has 3 rings (SSSR count). The highest BCUT2D eigenvalue weighted by molar-refractivity contribution is 7.92. The average Bonchev–Trinajstić information content (AvgIpc) is 2.86. The second-order valence-electron chi connectivity index (χ2n) is 10.6. The van der Waals surface area contributed by atoms with Gasteiger partial charge in [0.05, 0.1) is 10.6 Å². The van der Waals surface area contributed by atoms with Crippen molar-refractivity contribution in [1.29, 1.82) is 0 Å². The minimum atomic E-state index is -4.33. The van der Waals surface area contributed by atoms with Crippen LogP contribution in [0.4, 0.5) is 10.1 Å². The van der Waals surface area contributed by atoms with Crippen LogP contribution in [-0.2, 0) is 26.2 Å². The normalized spacial score (nSPS) is 12.5. The number of rotatable bonds is 9. The number of hydrogen-bond donors (Lipinski definition) is 1. The van der Waals surface area contributed by atoms with E-state index in [4.69, 9.17) is 0 Å². The maximum atomic E-state index is 15.0. The van der Waals surface area contributed by atoms with Crippen molar-refractivity contribution >= 4 is 27.5 Å². The highest BCUT2D eigenvalue weighted by atomic mass is 32.2. The number of carbonyl (C=O) groups is 2. The Morgan fingerprint density at radius 2 is 1.51 bits per heavy atom. The summed E-state index contributed by atoms with van der Waals surface area (Å²) < 4.78 is 43.3. The largest absolute Gasteiger partial charge is 0.350 e. The average molecular weight is 554 g/mol. The Labute approximate surface area is 230 Å². The van der Waals surface area contributed by atoms with Gasteiger partial charge in [-0.3, -0.25) is 13.9 Å². The molecule has 0 unspecified atom stereocenters. The van der Waals surface area contributed by atoms with Crippen molar-refractivity contribution < 1.29 is 22.4 Å². The van der Waals surface area contributed by atoms with Gasteiger partial charge in [-0.2, -0.15) is 0 Å². The van der Waals surface area contributed by atoms with Gasteiger partial charge in [-0.05, 0) is 76.9 Å². The molecule has 0 aromatic heterocycles. The lowest BCUT2D eigenvalue weighted by molar-refractivity contribution is -0.140. The highest BCUT2D eigenvalue weighted by Gasteiger charge is 2.34. The molecule has 0 heterocycles. The van der Waals surface area contributed by atoms with E-state index >= 15 is 0 Å². The van der Waals surface area contributed by atoms with Gasteiger partial charge >= 0.3 is 0 Å². The lowest BCUT2D eigenvalue weighted by atomic mass is 10.1. The number of nitrogens with one attached hydrogen (secondary N) is 1. The van der Waals surface area contributed by atoms with Crippen LogP contribution in [0.25, 0.3) is 0 Å². The first-order valence-electron chi connectivity index (χ1n) is 12.7. The molecular formula is C30H36FN3O4S. The van der Waals surface area contributed by atoms with Crippen molar-refractivity contribution in [2.24, 2.45) is 0 Å². The van der Waals surface area contributed by atoms with Crippen molar-refractivity contribution in [1.82, 2.24) is 10.2 Å². The number of aryl methyl sites for hydroxylation is 2. The van der Waals surface area contributed by atoms with Gasteiger partial charge in [0.2, 0.25) is 11.8 Å². The van der Waals surface area contributed by atoms with Gasteiger partial charge in [-0.15, -0.1) is 0 Å².